The Morgan fingerprint density at radius 3 is 2.56 bits per heavy atom. The lowest BCUT2D eigenvalue weighted by molar-refractivity contribution is 0.0572. The second-order valence-electron chi connectivity index (χ2n) is 3.83. The van der Waals surface area contributed by atoms with Crippen LogP contribution in [0.4, 0.5) is 5.82 Å². The van der Waals surface area contributed by atoms with Crippen LogP contribution in [0.15, 0.2) is 18.2 Å². The highest BCUT2D eigenvalue weighted by molar-refractivity contribution is 5.93. The SMILES string of the molecule is N=C(N)c1cccc(N2CC(O)C(O)C2)n1. The van der Waals surface area contributed by atoms with E-state index in [1.807, 2.05) is 0 Å². The predicted octanol–water partition coefficient (Wildman–Crippen LogP) is -1.09. The first-order valence-electron chi connectivity index (χ1n) is 5.00. The second kappa shape index (κ2) is 4.07. The molecule has 6 nitrogen and oxygen atoms in total. The third-order valence-corrected chi connectivity index (χ3v) is 2.59. The Kier molecular flexibility index (Phi) is 2.76. The molecular formula is C10H14N4O2. The molecule has 1 aliphatic heterocycles. The van der Waals surface area contributed by atoms with E-state index in [-0.39, 0.29) is 5.84 Å². The number of nitrogen functional groups attached to an aromatic ring is 1. The molecule has 2 atom stereocenters. The van der Waals surface area contributed by atoms with Gasteiger partial charge in [0, 0.05) is 13.1 Å². The van der Waals surface area contributed by atoms with Crippen molar-refractivity contribution in [1.29, 1.82) is 5.41 Å². The molecule has 2 rings (SSSR count). The van der Waals surface area contributed by atoms with Crippen molar-refractivity contribution in [1.82, 2.24) is 4.98 Å². The van der Waals surface area contributed by atoms with Gasteiger partial charge in [0.05, 0.1) is 12.2 Å². The molecule has 1 saturated heterocycles. The van der Waals surface area contributed by atoms with Crippen LogP contribution in [0.25, 0.3) is 0 Å². The zero-order valence-corrected chi connectivity index (χ0v) is 8.67. The molecule has 2 heterocycles. The molecule has 0 saturated carbocycles. The summed E-state index contributed by atoms with van der Waals surface area (Å²) in [6.07, 6.45) is -1.49. The highest BCUT2D eigenvalue weighted by Gasteiger charge is 2.30. The van der Waals surface area contributed by atoms with Gasteiger partial charge in [-0.25, -0.2) is 4.98 Å². The Hall–Kier alpha value is -1.66. The maximum Gasteiger partial charge on any atom is 0.141 e. The maximum absolute atomic E-state index is 9.42. The Morgan fingerprint density at radius 1 is 1.38 bits per heavy atom. The van der Waals surface area contributed by atoms with Crippen molar-refractivity contribution in [2.24, 2.45) is 5.73 Å². The minimum absolute atomic E-state index is 0.0952. The molecule has 86 valence electrons. The van der Waals surface area contributed by atoms with Crippen LogP contribution in [0.5, 0.6) is 0 Å². The summed E-state index contributed by atoms with van der Waals surface area (Å²) in [4.78, 5) is 5.94. The molecule has 0 radical (unpaired) electrons. The zero-order valence-electron chi connectivity index (χ0n) is 8.67. The summed E-state index contributed by atoms with van der Waals surface area (Å²) in [6.45, 7) is 0.686. The first-order valence-corrected chi connectivity index (χ1v) is 5.00. The Bertz CT molecular complexity index is 400. The summed E-state index contributed by atoms with van der Waals surface area (Å²) in [7, 11) is 0. The van der Waals surface area contributed by atoms with Gasteiger partial charge in [0.1, 0.15) is 17.3 Å². The lowest BCUT2D eigenvalue weighted by atomic mass is 10.3. The highest BCUT2D eigenvalue weighted by Crippen LogP contribution is 2.18. The summed E-state index contributed by atoms with van der Waals surface area (Å²) in [6, 6.07) is 5.15. The molecule has 1 aromatic heterocycles. The largest absolute Gasteiger partial charge is 0.389 e. The van der Waals surface area contributed by atoms with Gasteiger partial charge in [-0.1, -0.05) is 6.07 Å². The van der Waals surface area contributed by atoms with E-state index in [9.17, 15) is 10.2 Å². The van der Waals surface area contributed by atoms with Crippen LogP contribution in [0.1, 0.15) is 5.69 Å². The molecule has 5 N–H and O–H groups in total. The van der Waals surface area contributed by atoms with Crippen molar-refractivity contribution in [3.8, 4) is 0 Å². The monoisotopic (exact) mass is 222 g/mol. The van der Waals surface area contributed by atoms with Gasteiger partial charge in [0.15, 0.2) is 0 Å². The smallest absolute Gasteiger partial charge is 0.141 e. The fourth-order valence-electron chi connectivity index (χ4n) is 1.71. The number of pyridine rings is 1. The number of nitrogens with one attached hydrogen (secondary N) is 1. The maximum atomic E-state index is 9.42. The molecule has 2 unspecified atom stereocenters. The molecule has 0 spiro atoms. The fraction of sp³-hybridized carbons (Fsp3) is 0.400. The molecule has 1 aromatic rings. The number of aliphatic hydroxyl groups is 2. The van der Waals surface area contributed by atoms with Crippen LogP contribution < -0.4 is 10.6 Å². The summed E-state index contributed by atoms with van der Waals surface area (Å²) in [5.41, 5.74) is 5.74. The van der Waals surface area contributed by atoms with Gasteiger partial charge in [-0.3, -0.25) is 5.41 Å². The van der Waals surface area contributed by atoms with Crippen molar-refractivity contribution in [3.63, 3.8) is 0 Å². The van der Waals surface area contributed by atoms with Gasteiger partial charge in [-0.15, -0.1) is 0 Å². The number of aromatic nitrogens is 1. The number of rotatable bonds is 2. The molecule has 0 amide bonds. The summed E-state index contributed by atoms with van der Waals surface area (Å²) in [5.74, 6) is 0.519. The van der Waals surface area contributed by atoms with Crippen LogP contribution in [0.3, 0.4) is 0 Å². The number of nitrogens with two attached hydrogens (primary N) is 1. The molecule has 16 heavy (non-hydrogen) atoms. The topological polar surface area (TPSA) is 106 Å². The van der Waals surface area contributed by atoms with E-state index in [0.717, 1.165) is 0 Å². The number of hydrogen-bond acceptors (Lipinski definition) is 5. The van der Waals surface area contributed by atoms with E-state index in [1.54, 1.807) is 23.1 Å². The third kappa shape index (κ3) is 1.98. The second-order valence-corrected chi connectivity index (χ2v) is 3.83. The van der Waals surface area contributed by atoms with E-state index in [2.05, 4.69) is 4.98 Å². The van der Waals surface area contributed by atoms with Crippen LogP contribution in [0.2, 0.25) is 0 Å². The lowest BCUT2D eigenvalue weighted by Crippen LogP contribution is -2.23. The van der Waals surface area contributed by atoms with Crippen molar-refractivity contribution < 1.29 is 10.2 Å². The van der Waals surface area contributed by atoms with Crippen molar-refractivity contribution >= 4 is 11.7 Å². The van der Waals surface area contributed by atoms with E-state index in [0.29, 0.717) is 24.6 Å². The van der Waals surface area contributed by atoms with Gasteiger partial charge >= 0.3 is 0 Å². The van der Waals surface area contributed by atoms with Gasteiger partial charge in [0.25, 0.3) is 0 Å². The fourth-order valence-corrected chi connectivity index (χ4v) is 1.71. The van der Waals surface area contributed by atoms with Crippen LogP contribution in [0, 0.1) is 5.41 Å². The van der Waals surface area contributed by atoms with Gasteiger partial charge in [-0.2, -0.15) is 0 Å². The summed E-state index contributed by atoms with van der Waals surface area (Å²) in [5, 5.41) is 26.1. The zero-order chi connectivity index (χ0) is 11.7. The first-order chi connectivity index (χ1) is 7.58. The number of amidine groups is 1. The molecular weight excluding hydrogens is 208 g/mol. The summed E-state index contributed by atoms with van der Waals surface area (Å²) < 4.78 is 0. The number of aliphatic hydroxyl groups excluding tert-OH is 2. The quantitative estimate of drug-likeness (QED) is 0.375. The van der Waals surface area contributed by atoms with E-state index < -0.39 is 12.2 Å². The number of β-amino-alcohol motifs (C(OH)–C–C–N with tert-alkyl or cyclic N) is 2. The van der Waals surface area contributed by atoms with Crippen molar-refractivity contribution in [2.45, 2.75) is 12.2 Å². The predicted molar refractivity (Wildman–Crippen MR) is 59.5 cm³/mol. The van der Waals surface area contributed by atoms with Crippen LogP contribution in [-0.4, -0.2) is 46.3 Å². The number of hydrogen-bond donors (Lipinski definition) is 4. The van der Waals surface area contributed by atoms with Crippen molar-refractivity contribution in [3.05, 3.63) is 23.9 Å². The highest BCUT2D eigenvalue weighted by atomic mass is 16.3. The minimum atomic E-state index is -0.747. The van der Waals surface area contributed by atoms with E-state index in [4.69, 9.17) is 11.1 Å². The Labute approximate surface area is 92.8 Å². The van der Waals surface area contributed by atoms with E-state index >= 15 is 0 Å². The Morgan fingerprint density at radius 2 is 2.00 bits per heavy atom. The molecule has 0 aliphatic carbocycles. The Balaban J connectivity index is 2.21. The average molecular weight is 222 g/mol. The van der Waals surface area contributed by atoms with Gasteiger partial charge < -0.3 is 20.8 Å². The molecule has 1 fully saturated rings. The normalized spacial score (nSPS) is 24.8. The minimum Gasteiger partial charge on any atom is -0.389 e. The van der Waals surface area contributed by atoms with Crippen molar-refractivity contribution in [2.75, 3.05) is 18.0 Å². The molecule has 6 heteroatoms. The van der Waals surface area contributed by atoms with Crippen LogP contribution >= 0.6 is 0 Å². The van der Waals surface area contributed by atoms with Gasteiger partial charge in [-0.05, 0) is 12.1 Å². The standard InChI is InChI=1S/C10H14N4O2/c11-10(12)6-2-1-3-9(13-6)14-4-7(15)8(16)5-14/h1-3,7-8,15-16H,4-5H2,(H3,11,12). The average Bonchev–Trinajstić information content (AvgIpc) is 2.59. The third-order valence-electron chi connectivity index (χ3n) is 2.59. The molecule has 0 bridgehead atoms. The van der Waals surface area contributed by atoms with E-state index in [1.165, 1.54) is 0 Å². The summed E-state index contributed by atoms with van der Waals surface area (Å²) >= 11 is 0. The van der Waals surface area contributed by atoms with Crippen LogP contribution in [-0.2, 0) is 0 Å². The number of anilines is 1. The number of nitrogens with zero attached hydrogens (tertiary/aromatic N) is 2. The van der Waals surface area contributed by atoms with Gasteiger partial charge in [0.2, 0.25) is 0 Å². The molecule has 1 aliphatic rings. The lowest BCUT2D eigenvalue weighted by Gasteiger charge is -2.16. The molecule has 0 aromatic carbocycles. The first kappa shape index (κ1) is 10.8.